The highest BCUT2D eigenvalue weighted by Crippen LogP contribution is 2.24. The Kier molecular flexibility index (Phi) is 1.89. The number of nitrogens with zero attached hydrogens (tertiary/aromatic N) is 1. The standard InChI is InChI=1S/C11H12N2/c1-8-4-3-5-9(2)11(8)10-6-7-12-13-10/h3-7H,1-2H3,(H,12,13). The first-order valence-corrected chi connectivity index (χ1v) is 4.35. The van der Waals surface area contributed by atoms with Gasteiger partial charge in [0, 0.05) is 11.8 Å². The number of benzene rings is 1. The average molecular weight is 172 g/mol. The smallest absolute Gasteiger partial charge is 0.0655 e. The number of aromatic nitrogens is 2. The molecule has 0 saturated carbocycles. The first kappa shape index (κ1) is 8.05. The van der Waals surface area contributed by atoms with Gasteiger partial charge in [0.15, 0.2) is 0 Å². The predicted octanol–water partition coefficient (Wildman–Crippen LogP) is 2.69. The lowest BCUT2D eigenvalue weighted by Crippen LogP contribution is -1.87. The van der Waals surface area contributed by atoms with E-state index in [1.807, 2.05) is 6.07 Å². The van der Waals surface area contributed by atoms with Gasteiger partial charge in [0.05, 0.1) is 5.69 Å². The molecular weight excluding hydrogens is 160 g/mol. The van der Waals surface area contributed by atoms with E-state index in [-0.39, 0.29) is 0 Å². The number of H-pyrrole nitrogens is 1. The van der Waals surface area contributed by atoms with Crippen LogP contribution in [0, 0.1) is 13.8 Å². The number of nitrogens with one attached hydrogen (secondary N) is 1. The molecule has 0 amide bonds. The van der Waals surface area contributed by atoms with Crippen molar-refractivity contribution in [1.29, 1.82) is 0 Å². The van der Waals surface area contributed by atoms with Crippen molar-refractivity contribution < 1.29 is 0 Å². The Hall–Kier alpha value is -1.57. The van der Waals surface area contributed by atoms with Crippen LogP contribution >= 0.6 is 0 Å². The van der Waals surface area contributed by atoms with Gasteiger partial charge in [0.2, 0.25) is 0 Å². The second-order valence-corrected chi connectivity index (χ2v) is 3.24. The molecule has 1 N–H and O–H groups in total. The topological polar surface area (TPSA) is 28.7 Å². The molecule has 1 aromatic heterocycles. The summed E-state index contributed by atoms with van der Waals surface area (Å²) in [5.74, 6) is 0. The summed E-state index contributed by atoms with van der Waals surface area (Å²) in [6, 6.07) is 8.30. The van der Waals surface area contributed by atoms with Crippen LogP contribution in [0.5, 0.6) is 0 Å². The van der Waals surface area contributed by atoms with Gasteiger partial charge in [-0.1, -0.05) is 18.2 Å². The number of aryl methyl sites for hydroxylation is 2. The van der Waals surface area contributed by atoms with Crippen LogP contribution in [0.2, 0.25) is 0 Å². The second-order valence-electron chi connectivity index (χ2n) is 3.24. The zero-order chi connectivity index (χ0) is 9.26. The van der Waals surface area contributed by atoms with E-state index in [1.54, 1.807) is 6.20 Å². The van der Waals surface area contributed by atoms with Crippen LogP contribution in [0.1, 0.15) is 11.1 Å². The monoisotopic (exact) mass is 172 g/mol. The van der Waals surface area contributed by atoms with Crippen LogP contribution in [-0.2, 0) is 0 Å². The normalized spacial score (nSPS) is 10.3. The van der Waals surface area contributed by atoms with Gasteiger partial charge in [-0.05, 0) is 31.0 Å². The van der Waals surface area contributed by atoms with Crippen LogP contribution < -0.4 is 0 Å². The van der Waals surface area contributed by atoms with E-state index in [0.717, 1.165) is 5.69 Å². The lowest BCUT2D eigenvalue weighted by atomic mass is 10.0. The molecular formula is C11H12N2. The summed E-state index contributed by atoms with van der Waals surface area (Å²) < 4.78 is 0. The molecule has 0 aliphatic carbocycles. The van der Waals surface area contributed by atoms with Crippen LogP contribution in [-0.4, -0.2) is 10.2 Å². The van der Waals surface area contributed by atoms with E-state index in [0.29, 0.717) is 0 Å². The van der Waals surface area contributed by atoms with Crippen molar-refractivity contribution in [2.24, 2.45) is 0 Å². The van der Waals surface area contributed by atoms with Crippen LogP contribution in [0.4, 0.5) is 0 Å². The highest BCUT2D eigenvalue weighted by atomic mass is 15.1. The molecule has 0 saturated heterocycles. The molecule has 2 aromatic rings. The molecule has 13 heavy (non-hydrogen) atoms. The van der Waals surface area contributed by atoms with Gasteiger partial charge < -0.3 is 0 Å². The SMILES string of the molecule is Cc1cccc(C)c1-c1ccn[nH]1. The molecule has 2 rings (SSSR count). The van der Waals surface area contributed by atoms with E-state index in [2.05, 4.69) is 42.2 Å². The van der Waals surface area contributed by atoms with Gasteiger partial charge in [-0.25, -0.2) is 0 Å². The lowest BCUT2D eigenvalue weighted by Gasteiger charge is -2.06. The number of hydrogen-bond acceptors (Lipinski definition) is 1. The van der Waals surface area contributed by atoms with Crippen molar-refractivity contribution in [3.8, 4) is 11.3 Å². The van der Waals surface area contributed by atoms with Crippen molar-refractivity contribution in [2.75, 3.05) is 0 Å². The fourth-order valence-corrected chi connectivity index (χ4v) is 1.63. The van der Waals surface area contributed by atoms with Gasteiger partial charge in [0.25, 0.3) is 0 Å². The molecule has 0 radical (unpaired) electrons. The third kappa shape index (κ3) is 1.35. The second kappa shape index (κ2) is 3.05. The quantitative estimate of drug-likeness (QED) is 0.704. The molecule has 0 aliphatic heterocycles. The molecule has 0 spiro atoms. The average Bonchev–Trinajstić information content (AvgIpc) is 2.57. The summed E-state index contributed by atoms with van der Waals surface area (Å²) in [5.41, 5.74) is 4.92. The fourth-order valence-electron chi connectivity index (χ4n) is 1.63. The molecule has 2 nitrogen and oxygen atoms in total. The molecule has 0 bridgehead atoms. The van der Waals surface area contributed by atoms with Gasteiger partial charge in [-0.3, -0.25) is 5.10 Å². The van der Waals surface area contributed by atoms with Gasteiger partial charge in [-0.15, -0.1) is 0 Å². The summed E-state index contributed by atoms with van der Waals surface area (Å²) in [4.78, 5) is 0. The maximum Gasteiger partial charge on any atom is 0.0655 e. The fraction of sp³-hybridized carbons (Fsp3) is 0.182. The highest BCUT2D eigenvalue weighted by Gasteiger charge is 2.04. The van der Waals surface area contributed by atoms with Crippen LogP contribution in [0.15, 0.2) is 30.5 Å². The first-order valence-electron chi connectivity index (χ1n) is 4.35. The number of rotatable bonds is 1. The van der Waals surface area contributed by atoms with Gasteiger partial charge >= 0.3 is 0 Å². The molecule has 66 valence electrons. The number of aromatic amines is 1. The maximum atomic E-state index is 3.96. The molecule has 0 fully saturated rings. The maximum absolute atomic E-state index is 3.96. The molecule has 0 aliphatic rings. The lowest BCUT2D eigenvalue weighted by molar-refractivity contribution is 1.09. The summed E-state index contributed by atoms with van der Waals surface area (Å²) in [7, 11) is 0. The highest BCUT2D eigenvalue weighted by molar-refractivity contribution is 5.66. The van der Waals surface area contributed by atoms with E-state index in [1.165, 1.54) is 16.7 Å². The summed E-state index contributed by atoms with van der Waals surface area (Å²) in [6.45, 7) is 4.23. The van der Waals surface area contributed by atoms with Crippen LogP contribution in [0.3, 0.4) is 0 Å². The predicted molar refractivity (Wildman–Crippen MR) is 53.5 cm³/mol. The van der Waals surface area contributed by atoms with Gasteiger partial charge in [0.1, 0.15) is 0 Å². The summed E-state index contributed by atoms with van der Waals surface area (Å²) in [6.07, 6.45) is 1.78. The molecule has 1 aromatic carbocycles. The van der Waals surface area contributed by atoms with E-state index in [4.69, 9.17) is 0 Å². The minimum absolute atomic E-state index is 1.09. The van der Waals surface area contributed by atoms with Crippen molar-refractivity contribution >= 4 is 0 Å². The van der Waals surface area contributed by atoms with Crippen LogP contribution in [0.25, 0.3) is 11.3 Å². The largest absolute Gasteiger partial charge is 0.278 e. The van der Waals surface area contributed by atoms with E-state index in [9.17, 15) is 0 Å². The molecule has 0 atom stereocenters. The summed E-state index contributed by atoms with van der Waals surface area (Å²) in [5, 5.41) is 6.94. The van der Waals surface area contributed by atoms with Crippen molar-refractivity contribution in [3.63, 3.8) is 0 Å². The number of hydrogen-bond donors (Lipinski definition) is 1. The molecule has 2 heteroatoms. The Labute approximate surface area is 77.6 Å². The first-order chi connectivity index (χ1) is 6.29. The Balaban J connectivity index is 2.64. The Morgan fingerprint density at radius 2 is 1.77 bits per heavy atom. The van der Waals surface area contributed by atoms with Crippen molar-refractivity contribution in [1.82, 2.24) is 10.2 Å². The Morgan fingerprint density at radius 3 is 2.31 bits per heavy atom. The van der Waals surface area contributed by atoms with Gasteiger partial charge in [-0.2, -0.15) is 5.10 Å². The zero-order valence-corrected chi connectivity index (χ0v) is 7.83. The van der Waals surface area contributed by atoms with Crippen molar-refractivity contribution in [2.45, 2.75) is 13.8 Å². The summed E-state index contributed by atoms with van der Waals surface area (Å²) >= 11 is 0. The van der Waals surface area contributed by atoms with E-state index < -0.39 is 0 Å². The minimum atomic E-state index is 1.09. The van der Waals surface area contributed by atoms with E-state index >= 15 is 0 Å². The molecule has 0 unspecified atom stereocenters. The Morgan fingerprint density at radius 1 is 1.08 bits per heavy atom. The molecule has 1 heterocycles. The minimum Gasteiger partial charge on any atom is -0.278 e. The zero-order valence-electron chi connectivity index (χ0n) is 7.83. The third-order valence-electron chi connectivity index (χ3n) is 2.25. The Bertz CT molecular complexity index is 382. The third-order valence-corrected chi connectivity index (χ3v) is 2.25. The van der Waals surface area contributed by atoms with Crippen molar-refractivity contribution in [3.05, 3.63) is 41.6 Å².